The Kier molecular flexibility index (Phi) is 10.0. The molecule has 0 saturated carbocycles. The zero-order chi connectivity index (χ0) is 32.6. The molecule has 4 rings (SSSR count). The van der Waals surface area contributed by atoms with Crippen molar-refractivity contribution < 1.29 is 43.2 Å². The number of methoxy groups -OCH3 is 2. The Bertz CT molecular complexity index is 1350. The summed E-state index contributed by atoms with van der Waals surface area (Å²) in [4.78, 5) is 40.7. The van der Waals surface area contributed by atoms with Gasteiger partial charge in [0.05, 0.1) is 31.2 Å². The van der Waals surface area contributed by atoms with Crippen LogP contribution in [0.1, 0.15) is 53.0 Å². The summed E-state index contributed by atoms with van der Waals surface area (Å²) in [6.45, 7) is 8.95. The highest BCUT2D eigenvalue weighted by atomic mass is 35.5. The van der Waals surface area contributed by atoms with Gasteiger partial charge in [0.2, 0.25) is 5.91 Å². The minimum Gasteiger partial charge on any atom is -0.495 e. The number of benzene rings is 1. The Morgan fingerprint density at radius 2 is 1.95 bits per heavy atom. The third-order valence-corrected chi connectivity index (χ3v) is 9.06. The van der Waals surface area contributed by atoms with E-state index in [9.17, 15) is 19.5 Å². The predicted octanol–water partition coefficient (Wildman–Crippen LogP) is 4.32. The molecule has 4 bridgehead atoms. The van der Waals surface area contributed by atoms with Crippen molar-refractivity contribution in [3.05, 3.63) is 46.5 Å². The Labute approximate surface area is 263 Å². The van der Waals surface area contributed by atoms with Gasteiger partial charge in [-0.15, -0.1) is 0 Å². The molecule has 3 heterocycles. The van der Waals surface area contributed by atoms with Gasteiger partial charge in [0.25, 0.3) is 0 Å². The number of allylic oxidation sites excluding steroid dienone is 3. The standard InChI is InChI=1S/C32H43ClN2O9/c1-17(2)29(37)43-25-15-26(36)35(6)21-13-20(14-22(40-7)27(21)33)12-18(3)10-9-11-24(41-8)32(39)16-23(42-30(38)34-32)19(4)28-31(25,5)44-28/h9-11,13-14,17,19,23-25,28,39H,12,15-16H2,1-8H3,(H,34,38)/b11-9+,18-10-/t19-,23+,24-,25+,28-,31-,32-/m1/s1. The number of carbonyl (C=O) groups excluding carboxylic acids is 3. The molecule has 0 unspecified atom stereocenters. The maximum atomic E-state index is 13.8. The molecular weight excluding hydrogens is 592 g/mol. The second-order valence-corrected chi connectivity index (χ2v) is 12.8. The van der Waals surface area contributed by atoms with Gasteiger partial charge in [-0.1, -0.05) is 56.2 Å². The molecule has 242 valence electrons. The summed E-state index contributed by atoms with van der Waals surface area (Å²) in [6.07, 6.45) is 1.65. The van der Waals surface area contributed by atoms with Crippen LogP contribution >= 0.6 is 11.6 Å². The van der Waals surface area contributed by atoms with Crippen LogP contribution in [0.4, 0.5) is 10.5 Å². The number of nitrogens with zero attached hydrogens (tertiary/aromatic N) is 1. The van der Waals surface area contributed by atoms with E-state index < -0.39 is 59.6 Å². The molecule has 7 atom stereocenters. The fourth-order valence-corrected chi connectivity index (χ4v) is 6.19. The van der Waals surface area contributed by atoms with Crippen LogP contribution in [0.5, 0.6) is 5.75 Å². The smallest absolute Gasteiger partial charge is 0.409 e. The van der Waals surface area contributed by atoms with Gasteiger partial charge in [0.1, 0.15) is 34.7 Å². The van der Waals surface area contributed by atoms with E-state index in [1.807, 2.05) is 32.1 Å². The van der Waals surface area contributed by atoms with Crippen LogP contribution in [0.25, 0.3) is 0 Å². The Hall–Kier alpha value is -3.12. The number of fused-ring (bicyclic) bond motifs is 5. The molecule has 0 radical (unpaired) electrons. The van der Waals surface area contributed by atoms with Gasteiger partial charge in [0, 0.05) is 26.5 Å². The average molecular weight is 635 g/mol. The zero-order valence-electron chi connectivity index (χ0n) is 26.5. The van der Waals surface area contributed by atoms with Gasteiger partial charge in [0.15, 0.2) is 5.72 Å². The van der Waals surface area contributed by atoms with E-state index >= 15 is 0 Å². The lowest BCUT2D eigenvalue weighted by molar-refractivity contribution is -0.157. The molecule has 44 heavy (non-hydrogen) atoms. The quantitative estimate of drug-likeness (QED) is 0.366. The summed E-state index contributed by atoms with van der Waals surface area (Å²) >= 11 is 6.68. The summed E-state index contributed by atoms with van der Waals surface area (Å²) < 4.78 is 28.8. The Morgan fingerprint density at radius 3 is 2.59 bits per heavy atom. The van der Waals surface area contributed by atoms with Gasteiger partial charge in [-0.25, -0.2) is 4.79 Å². The van der Waals surface area contributed by atoms with Crippen LogP contribution in [0.2, 0.25) is 5.02 Å². The fraction of sp³-hybridized carbons (Fsp3) is 0.594. The van der Waals surface area contributed by atoms with Crippen LogP contribution in [0, 0.1) is 11.8 Å². The van der Waals surface area contributed by atoms with E-state index in [-0.39, 0.29) is 23.8 Å². The number of alkyl carbamates (subject to hydrolysis) is 1. The number of anilines is 1. The van der Waals surface area contributed by atoms with Crippen molar-refractivity contribution in [3.8, 4) is 5.75 Å². The SMILES string of the molecule is COc1cc2cc(c1Cl)N(C)C(=O)C[C@H](OC(=O)C(C)C)[C@@]1(C)O[C@@H]1[C@H](C)[C@@H]1C[C@](O)(NC(=O)O1)[C@H](OC)/C=C/C=C(/C)C2. The van der Waals surface area contributed by atoms with E-state index in [2.05, 4.69) is 5.32 Å². The van der Waals surface area contributed by atoms with E-state index in [0.717, 1.165) is 11.1 Å². The first-order chi connectivity index (χ1) is 20.6. The number of rotatable bonds is 4. The minimum absolute atomic E-state index is 0.00361. The highest BCUT2D eigenvalue weighted by Gasteiger charge is 2.64. The summed E-state index contributed by atoms with van der Waals surface area (Å²) in [5.74, 6) is -1.30. The summed E-state index contributed by atoms with van der Waals surface area (Å²) in [5.41, 5.74) is -0.587. The summed E-state index contributed by atoms with van der Waals surface area (Å²) in [5, 5.41) is 14.4. The molecule has 0 aromatic heterocycles. The van der Waals surface area contributed by atoms with Crippen molar-refractivity contribution in [1.82, 2.24) is 5.32 Å². The number of halogens is 1. The minimum atomic E-state index is -1.77. The van der Waals surface area contributed by atoms with E-state index in [4.69, 9.17) is 35.3 Å². The fourth-order valence-electron chi connectivity index (χ4n) is 5.88. The maximum absolute atomic E-state index is 13.8. The summed E-state index contributed by atoms with van der Waals surface area (Å²) in [7, 11) is 4.56. The lowest BCUT2D eigenvalue weighted by Crippen LogP contribution is -2.63. The van der Waals surface area contributed by atoms with Crippen molar-refractivity contribution in [1.29, 1.82) is 0 Å². The normalized spacial score (nSPS) is 34.7. The molecule has 12 heteroatoms. The molecule has 2 amide bonds. The van der Waals surface area contributed by atoms with Crippen molar-refractivity contribution in [2.45, 2.75) is 89.6 Å². The number of nitrogens with one attached hydrogen (secondary N) is 1. The zero-order valence-corrected chi connectivity index (χ0v) is 27.3. The first-order valence-electron chi connectivity index (χ1n) is 14.7. The molecule has 0 aliphatic carbocycles. The van der Waals surface area contributed by atoms with Crippen molar-refractivity contribution in [2.24, 2.45) is 11.8 Å². The first kappa shape index (κ1) is 33.8. The summed E-state index contributed by atoms with van der Waals surface area (Å²) in [6, 6.07) is 3.63. The van der Waals surface area contributed by atoms with Crippen LogP contribution in [-0.2, 0) is 35.0 Å². The number of amides is 2. The monoisotopic (exact) mass is 634 g/mol. The van der Waals surface area contributed by atoms with Crippen molar-refractivity contribution in [3.63, 3.8) is 0 Å². The first-order valence-corrected chi connectivity index (χ1v) is 15.1. The van der Waals surface area contributed by atoms with Gasteiger partial charge in [-0.05, 0) is 38.0 Å². The van der Waals surface area contributed by atoms with Gasteiger partial charge in [-0.3, -0.25) is 14.9 Å². The predicted molar refractivity (Wildman–Crippen MR) is 164 cm³/mol. The number of ether oxygens (including phenoxy) is 5. The molecule has 2 saturated heterocycles. The molecule has 0 spiro atoms. The van der Waals surface area contributed by atoms with Crippen LogP contribution < -0.4 is 15.0 Å². The number of aliphatic hydroxyl groups is 1. The lowest BCUT2D eigenvalue weighted by atomic mass is 9.83. The van der Waals surface area contributed by atoms with E-state index in [0.29, 0.717) is 17.9 Å². The molecule has 11 nitrogen and oxygen atoms in total. The molecule has 3 aliphatic rings. The average Bonchev–Trinajstić information content (AvgIpc) is 3.66. The number of carbonyl (C=O) groups is 3. The topological polar surface area (TPSA) is 136 Å². The van der Waals surface area contributed by atoms with Gasteiger partial charge >= 0.3 is 12.1 Å². The van der Waals surface area contributed by atoms with Gasteiger partial charge < -0.3 is 33.7 Å². The number of hydrogen-bond acceptors (Lipinski definition) is 9. The maximum Gasteiger partial charge on any atom is 0.409 e. The van der Waals surface area contributed by atoms with Crippen LogP contribution in [0.3, 0.4) is 0 Å². The number of esters is 1. The second-order valence-electron chi connectivity index (χ2n) is 12.4. The Balaban J connectivity index is 1.80. The third kappa shape index (κ3) is 6.91. The van der Waals surface area contributed by atoms with E-state index in [1.165, 1.54) is 19.1 Å². The highest BCUT2D eigenvalue weighted by molar-refractivity contribution is 6.35. The molecule has 2 N–H and O–H groups in total. The van der Waals surface area contributed by atoms with Crippen molar-refractivity contribution in [2.75, 3.05) is 26.2 Å². The second kappa shape index (κ2) is 13.1. The molecule has 1 aromatic carbocycles. The van der Waals surface area contributed by atoms with Crippen LogP contribution in [-0.4, -0.2) is 80.1 Å². The molecule has 2 fully saturated rings. The number of hydrogen-bond donors (Lipinski definition) is 2. The van der Waals surface area contributed by atoms with E-state index in [1.54, 1.807) is 40.0 Å². The van der Waals surface area contributed by atoms with Crippen molar-refractivity contribution >= 4 is 35.3 Å². The largest absolute Gasteiger partial charge is 0.495 e. The Morgan fingerprint density at radius 1 is 1.25 bits per heavy atom. The van der Waals surface area contributed by atoms with Crippen LogP contribution in [0.15, 0.2) is 35.9 Å². The van der Waals surface area contributed by atoms with Gasteiger partial charge in [-0.2, -0.15) is 0 Å². The highest BCUT2D eigenvalue weighted by Crippen LogP contribution is 2.49. The lowest BCUT2D eigenvalue weighted by Gasteiger charge is -2.42. The molecular formula is C32H43ClN2O9. The molecule has 1 aromatic rings. The third-order valence-electron chi connectivity index (χ3n) is 8.68. The number of epoxide rings is 1. The molecule has 3 aliphatic heterocycles.